The summed E-state index contributed by atoms with van der Waals surface area (Å²) >= 11 is 0. The van der Waals surface area contributed by atoms with E-state index in [0.29, 0.717) is 24.5 Å². The van der Waals surface area contributed by atoms with E-state index in [0.717, 1.165) is 23.7 Å². The molecule has 1 aliphatic heterocycles. The summed E-state index contributed by atoms with van der Waals surface area (Å²) in [5.41, 5.74) is 3.94. The number of aryl methyl sites for hydroxylation is 1. The second kappa shape index (κ2) is 7.80. The molecule has 0 saturated carbocycles. The van der Waals surface area contributed by atoms with E-state index < -0.39 is 0 Å². The van der Waals surface area contributed by atoms with E-state index >= 15 is 0 Å². The van der Waals surface area contributed by atoms with E-state index in [4.69, 9.17) is 9.47 Å². The monoisotopic (exact) mass is 376 g/mol. The van der Waals surface area contributed by atoms with Gasteiger partial charge in [-0.05, 0) is 37.6 Å². The summed E-state index contributed by atoms with van der Waals surface area (Å²) in [6, 6.07) is 19.8. The molecule has 0 aliphatic carbocycles. The van der Waals surface area contributed by atoms with Crippen LogP contribution >= 0.6 is 0 Å². The number of para-hydroxylation sites is 2. The highest BCUT2D eigenvalue weighted by molar-refractivity contribution is 5.95. The molecule has 0 bridgehead atoms. The van der Waals surface area contributed by atoms with Crippen molar-refractivity contribution in [1.29, 1.82) is 0 Å². The van der Waals surface area contributed by atoms with Crippen LogP contribution in [0.2, 0.25) is 0 Å². The van der Waals surface area contributed by atoms with E-state index in [-0.39, 0.29) is 12.0 Å². The van der Waals surface area contributed by atoms with Gasteiger partial charge in [0.05, 0.1) is 12.1 Å². The first-order chi connectivity index (χ1) is 13.6. The number of nitrogens with one attached hydrogen (secondary N) is 1. The summed E-state index contributed by atoms with van der Waals surface area (Å²) in [4.78, 5) is 12.8. The quantitative estimate of drug-likeness (QED) is 0.738. The normalized spacial score (nSPS) is 15.3. The van der Waals surface area contributed by atoms with Crippen molar-refractivity contribution in [3.8, 4) is 11.5 Å². The van der Waals surface area contributed by atoms with Gasteiger partial charge in [0.1, 0.15) is 12.7 Å². The summed E-state index contributed by atoms with van der Waals surface area (Å²) in [5, 5.41) is 2.99. The van der Waals surface area contributed by atoms with Gasteiger partial charge in [-0.15, -0.1) is 0 Å². The van der Waals surface area contributed by atoms with E-state index in [2.05, 4.69) is 22.0 Å². The second-order valence-corrected chi connectivity index (χ2v) is 7.06. The molecule has 28 heavy (non-hydrogen) atoms. The minimum Gasteiger partial charge on any atom is -0.486 e. The third kappa shape index (κ3) is 3.74. The summed E-state index contributed by atoms with van der Waals surface area (Å²) in [5.74, 6) is 1.37. The fourth-order valence-electron chi connectivity index (χ4n) is 3.51. The molecule has 1 unspecified atom stereocenters. The Morgan fingerprint density at radius 3 is 2.57 bits per heavy atom. The van der Waals surface area contributed by atoms with Gasteiger partial charge < -0.3 is 19.4 Å². The molecule has 0 radical (unpaired) electrons. The first kappa shape index (κ1) is 18.2. The van der Waals surface area contributed by atoms with Crippen LogP contribution < -0.4 is 14.8 Å². The average molecular weight is 376 g/mol. The van der Waals surface area contributed by atoms with E-state index in [1.807, 2.05) is 62.4 Å². The van der Waals surface area contributed by atoms with Crippen molar-refractivity contribution < 1.29 is 14.3 Å². The summed E-state index contributed by atoms with van der Waals surface area (Å²) in [6.07, 6.45) is -0.202. The number of benzene rings is 2. The van der Waals surface area contributed by atoms with Gasteiger partial charge in [0, 0.05) is 17.9 Å². The second-order valence-electron chi connectivity index (χ2n) is 7.06. The van der Waals surface area contributed by atoms with Crippen LogP contribution in [0.15, 0.2) is 60.7 Å². The van der Waals surface area contributed by atoms with E-state index in [1.165, 1.54) is 5.56 Å². The Hall–Kier alpha value is -3.21. The number of aromatic nitrogens is 1. The minimum absolute atomic E-state index is 0.0881. The Bertz CT molecular complexity index is 979. The molecule has 1 N–H and O–H groups in total. The number of carbonyl (C=O) groups excluding carboxylic acids is 1. The van der Waals surface area contributed by atoms with Crippen LogP contribution in [0.3, 0.4) is 0 Å². The number of hydrogen-bond acceptors (Lipinski definition) is 3. The van der Waals surface area contributed by atoms with Gasteiger partial charge in [-0.1, -0.05) is 42.5 Å². The first-order valence-electron chi connectivity index (χ1n) is 9.49. The zero-order valence-electron chi connectivity index (χ0n) is 16.1. The van der Waals surface area contributed by atoms with Crippen molar-refractivity contribution in [2.75, 3.05) is 13.2 Å². The lowest BCUT2D eigenvalue weighted by molar-refractivity contribution is 0.0789. The summed E-state index contributed by atoms with van der Waals surface area (Å²) in [6.45, 7) is 5.59. The van der Waals surface area contributed by atoms with Crippen molar-refractivity contribution in [2.45, 2.75) is 26.5 Å². The smallest absolute Gasteiger partial charge is 0.253 e. The molecule has 144 valence electrons. The predicted octanol–water partition coefficient (Wildman–Crippen LogP) is 3.72. The highest BCUT2D eigenvalue weighted by atomic mass is 16.6. The Labute approximate surface area is 164 Å². The van der Waals surface area contributed by atoms with Crippen LogP contribution in [-0.2, 0) is 6.54 Å². The molecular formula is C23H24N2O3. The number of amides is 1. The maximum absolute atomic E-state index is 12.8. The first-order valence-corrected chi connectivity index (χ1v) is 9.49. The molecular weight excluding hydrogens is 352 g/mol. The zero-order valence-corrected chi connectivity index (χ0v) is 16.1. The number of rotatable bonds is 5. The molecule has 1 aromatic heterocycles. The van der Waals surface area contributed by atoms with Gasteiger partial charge in [0.15, 0.2) is 11.5 Å². The number of carbonyl (C=O) groups is 1. The molecule has 2 heterocycles. The molecule has 0 fully saturated rings. The standard InChI is InChI=1S/C23H24N2O3/c1-16-12-20(17(2)25(16)14-18-8-4-3-5-9-18)23(26)24-13-19-15-27-21-10-6-7-11-22(21)28-19/h3-12,19H,13-15H2,1-2H3,(H,24,26). The summed E-state index contributed by atoms with van der Waals surface area (Å²) in [7, 11) is 0. The lowest BCUT2D eigenvalue weighted by atomic mass is 10.2. The highest BCUT2D eigenvalue weighted by Crippen LogP contribution is 2.30. The Morgan fingerprint density at radius 2 is 1.79 bits per heavy atom. The van der Waals surface area contributed by atoms with Crippen molar-refractivity contribution in [1.82, 2.24) is 9.88 Å². The molecule has 3 aromatic rings. The maximum Gasteiger partial charge on any atom is 0.253 e. The van der Waals surface area contributed by atoms with E-state index in [1.54, 1.807) is 0 Å². The molecule has 5 heteroatoms. The Kier molecular flexibility index (Phi) is 5.06. The fraction of sp³-hybridized carbons (Fsp3) is 0.261. The van der Waals surface area contributed by atoms with Crippen molar-refractivity contribution in [3.05, 3.63) is 83.2 Å². The summed E-state index contributed by atoms with van der Waals surface area (Å²) < 4.78 is 13.8. The van der Waals surface area contributed by atoms with Gasteiger partial charge in [-0.2, -0.15) is 0 Å². The Balaban J connectivity index is 1.41. The number of hydrogen-bond donors (Lipinski definition) is 1. The number of ether oxygens (including phenoxy) is 2. The SMILES string of the molecule is Cc1cc(C(=O)NCC2COc3ccccc3O2)c(C)n1Cc1ccccc1. The van der Waals surface area contributed by atoms with Crippen LogP contribution in [0.1, 0.15) is 27.3 Å². The van der Waals surface area contributed by atoms with Gasteiger partial charge in [0.2, 0.25) is 0 Å². The molecule has 0 spiro atoms. The lowest BCUT2D eigenvalue weighted by Gasteiger charge is -2.26. The van der Waals surface area contributed by atoms with Gasteiger partial charge in [0.25, 0.3) is 5.91 Å². The van der Waals surface area contributed by atoms with Crippen molar-refractivity contribution in [3.63, 3.8) is 0 Å². The molecule has 1 amide bonds. The molecule has 0 saturated heterocycles. The lowest BCUT2D eigenvalue weighted by Crippen LogP contribution is -2.40. The topological polar surface area (TPSA) is 52.5 Å². The van der Waals surface area contributed by atoms with Crippen molar-refractivity contribution >= 4 is 5.91 Å². The maximum atomic E-state index is 12.8. The molecule has 5 nitrogen and oxygen atoms in total. The minimum atomic E-state index is -0.202. The van der Waals surface area contributed by atoms with Gasteiger partial charge >= 0.3 is 0 Å². The largest absolute Gasteiger partial charge is 0.486 e. The molecule has 4 rings (SSSR count). The molecule has 2 aromatic carbocycles. The zero-order chi connectivity index (χ0) is 19.5. The van der Waals surface area contributed by atoms with Crippen LogP contribution in [0.5, 0.6) is 11.5 Å². The Morgan fingerprint density at radius 1 is 1.07 bits per heavy atom. The van der Waals surface area contributed by atoms with Crippen LogP contribution in [0.4, 0.5) is 0 Å². The van der Waals surface area contributed by atoms with Gasteiger partial charge in [-0.25, -0.2) is 0 Å². The predicted molar refractivity (Wildman–Crippen MR) is 108 cm³/mol. The fourth-order valence-corrected chi connectivity index (χ4v) is 3.51. The number of nitrogens with zero attached hydrogens (tertiary/aromatic N) is 1. The molecule has 1 aliphatic rings. The highest BCUT2D eigenvalue weighted by Gasteiger charge is 2.22. The van der Waals surface area contributed by atoms with Crippen LogP contribution in [-0.4, -0.2) is 29.7 Å². The third-order valence-corrected chi connectivity index (χ3v) is 5.06. The van der Waals surface area contributed by atoms with E-state index in [9.17, 15) is 4.79 Å². The average Bonchev–Trinajstić information content (AvgIpc) is 3.01. The number of fused-ring (bicyclic) bond motifs is 1. The van der Waals surface area contributed by atoms with Gasteiger partial charge in [-0.3, -0.25) is 4.79 Å². The molecule has 1 atom stereocenters. The third-order valence-electron chi connectivity index (χ3n) is 5.06. The van der Waals surface area contributed by atoms with Crippen LogP contribution in [0, 0.1) is 13.8 Å². The van der Waals surface area contributed by atoms with Crippen molar-refractivity contribution in [2.24, 2.45) is 0 Å². The van der Waals surface area contributed by atoms with Crippen LogP contribution in [0.25, 0.3) is 0 Å².